The molecule has 4 N–H and O–H groups in total. The molecule has 0 fully saturated rings. The third-order valence-electron chi connectivity index (χ3n) is 14.0. The summed E-state index contributed by atoms with van der Waals surface area (Å²) in [6, 6.07) is 0. The second-order valence-corrected chi connectivity index (χ2v) is 25.8. The van der Waals surface area contributed by atoms with Crippen LogP contribution in [0.4, 0.5) is 0 Å². The number of hydrogen-bond acceptors (Lipinski definition) is 14. The number of phosphoric acid groups is 2. The number of hydrogen-bond donors (Lipinski definition) is 4. The first-order valence-corrected chi connectivity index (χ1v) is 38.1. The molecule has 0 radical (unpaired) electrons. The van der Waals surface area contributed by atoms with Crippen LogP contribution in [0.2, 0.25) is 0 Å². The van der Waals surface area contributed by atoms with Crippen molar-refractivity contribution in [2.45, 2.75) is 270 Å². The monoisotopic (exact) mass is 1340 g/mol. The Morgan fingerprint density at radius 1 is 0.312 bits per heavy atom. The zero-order valence-electron chi connectivity index (χ0n) is 57.4. The fraction of sp³-hybridized carbons (Fsp3) is 0.640. The maximum Gasteiger partial charge on any atom is 0.472 e. The van der Waals surface area contributed by atoms with Crippen molar-refractivity contribution in [2.24, 2.45) is 0 Å². The fourth-order valence-electron chi connectivity index (χ4n) is 8.71. The molecule has 5 atom stereocenters. The number of unbranched alkanes of at least 4 members (excludes halogenated alkanes) is 18. The number of allylic oxidation sites excluding steroid dienone is 24. The van der Waals surface area contributed by atoms with E-state index in [9.17, 15) is 43.5 Å². The number of aliphatic hydroxyl groups excluding tert-OH is 2. The summed E-state index contributed by atoms with van der Waals surface area (Å²) >= 11 is 0. The molecule has 0 aliphatic heterocycles. The Kier molecular flexibility index (Phi) is 64.1. The Balaban J connectivity index is 4.75. The van der Waals surface area contributed by atoms with Crippen molar-refractivity contribution in [3.63, 3.8) is 0 Å². The lowest BCUT2D eigenvalue weighted by atomic mass is 10.1. The van der Waals surface area contributed by atoms with E-state index in [1.54, 1.807) is 0 Å². The van der Waals surface area contributed by atoms with Crippen LogP contribution in [0.25, 0.3) is 0 Å². The summed E-state index contributed by atoms with van der Waals surface area (Å²) in [6.07, 6.45) is 80.3. The number of ether oxygens (including phenoxy) is 3. The van der Waals surface area contributed by atoms with Gasteiger partial charge in [0.15, 0.2) is 6.10 Å². The summed E-state index contributed by atoms with van der Waals surface area (Å²) in [7, 11) is -9.81. The number of phosphoric ester groups is 2. The van der Waals surface area contributed by atoms with Gasteiger partial charge in [0, 0.05) is 19.3 Å². The second kappa shape index (κ2) is 67.4. The van der Waals surface area contributed by atoms with Gasteiger partial charge in [-0.25, -0.2) is 9.13 Å². The molecule has 530 valence electrons. The highest BCUT2D eigenvalue weighted by Crippen LogP contribution is 2.45. The van der Waals surface area contributed by atoms with Crippen molar-refractivity contribution < 1.29 is 75.8 Å². The quantitative estimate of drug-likeness (QED) is 0.0146. The van der Waals surface area contributed by atoms with E-state index in [-0.39, 0.29) is 19.3 Å². The molecule has 93 heavy (non-hydrogen) atoms. The van der Waals surface area contributed by atoms with Gasteiger partial charge in [0.05, 0.1) is 26.4 Å². The third kappa shape index (κ3) is 68.6. The molecule has 0 aromatic heterocycles. The van der Waals surface area contributed by atoms with Gasteiger partial charge in [-0.3, -0.25) is 32.5 Å². The van der Waals surface area contributed by atoms with Crippen LogP contribution in [0.1, 0.15) is 252 Å². The first-order valence-electron chi connectivity index (χ1n) is 35.1. The van der Waals surface area contributed by atoms with Gasteiger partial charge in [-0.15, -0.1) is 0 Å². The standard InChI is InChI=1S/C75H124O16P2/c1-4-7-10-13-16-19-22-25-28-31-33-34-36-39-40-43-46-49-52-55-58-61-73(78)85-64-70(76)65-87-92(81,82)88-66-71(77)67-89-93(83,84)90-69-72(91-75(80)63-60-57-54-51-48-45-42-37-30-27-24-21-18-15-12-9-6-3)68-86-74(79)62-59-56-53-50-47-44-41-38-35-32-29-26-23-20-17-14-11-8-5-2/h8-9,11-12,16-21,25-30,33-35,38-40,44,47,70-72,76-77H,4-7,10,13-15,22-24,31-32,36-37,41-43,45-46,48-69H2,1-3H3,(H,81,82)(H,83,84)/b11-8-,12-9-,19-16-,20-17-,21-18-,28-25-,29-26-,30-27-,34-33-,38-35-,40-39-,47-44-. The molecule has 0 rings (SSSR count). The van der Waals surface area contributed by atoms with Gasteiger partial charge < -0.3 is 34.2 Å². The summed E-state index contributed by atoms with van der Waals surface area (Å²) in [5.41, 5.74) is 0. The lowest BCUT2D eigenvalue weighted by Crippen LogP contribution is -2.30. The number of aliphatic hydroxyl groups is 2. The van der Waals surface area contributed by atoms with Crippen molar-refractivity contribution in [1.82, 2.24) is 0 Å². The predicted molar refractivity (Wildman–Crippen MR) is 380 cm³/mol. The van der Waals surface area contributed by atoms with Gasteiger partial charge in [0.25, 0.3) is 0 Å². The van der Waals surface area contributed by atoms with E-state index in [0.717, 1.165) is 167 Å². The van der Waals surface area contributed by atoms with Crippen LogP contribution in [0.3, 0.4) is 0 Å². The number of rotatable bonds is 65. The summed E-state index contributed by atoms with van der Waals surface area (Å²) < 4.78 is 60.9. The van der Waals surface area contributed by atoms with Gasteiger partial charge >= 0.3 is 33.6 Å². The first-order chi connectivity index (χ1) is 45.2. The van der Waals surface area contributed by atoms with Crippen molar-refractivity contribution in [1.29, 1.82) is 0 Å². The first kappa shape index (κ1) is 88.4. The molecule has 0 heterocycles. The lowest BCUT2D eigenvalue weighted by molar-refractivity contribution is -0.161. The predicted octanol–water partition coefficient (Wildman–Crippen LogP) is 19.8. The highest BCUT2D eigenvalue weighted by Gasteiger charge is 2.29. The van der Waals surface area contributed by atoms with Gasteiger partial charge in [-0.1, -0.05) is 237 Å². The van der Waals surface area contributed by atoms with E-state index in [1.165, 1.54) is 25.7 Å². The molecule has 0 aromatic carbocycles. The Morgan fingerprint density at radius 2 is 0.570 bits per heavy atom. The smallest absolute Gasteiger partial charge is 0.463 e. The average molecular weight is 1340 g/mol. The van der Waals surface area contributed by atoms with Crippen LogP contribution >= 0.6 is 15.6 Å². The second-order valence-electron chi connectivity index (χ2n) is 22.9. The Labute approximate surface area is 562 Å². The molecule has 0 aromatic rings. The molecule has 16 nitrogen and oxygen atoms in total. The van der Waals surface area contributed by atoms with Crippen LogP contribution in [-0.2, 0) is 55.8 Å². The van der Waals surface area contributed by atoms with Crippen LogP contribution in [0.15, 0.2) is 146 Å². The van der Waals surface area contributed by atoms with Crippen molar-refractivity contribution >= 4 is 33.6 Å². The minimum Gasteiger partial charge on any atom is -0.463 e. The third-order valence-corrected chi connectivity index (χ3v) is 15.9. The van der Waals surface area contributed by atoms with Crippen molar-refractivity contribution in [2.75, 3.05) is 39.6 Å². The normalized spacial score (nSPS) is 15.0. The molecule has 0 saturated carbocycles. The SMILES string of the molecule is CC/C=C\C/C=C\C/C=C\C/C=C\C/C=C\CCCCCC(=O)OCC(COP(=O)(O)OCC(O)COP(=O)(O)OCC(O)COC(=O)CCCCCCC/C=C\C/C=C\C/C=C\C/C=C\CCCCC)OC(=O)CCCCCCCCC/C=C\C/C=C\C/C=C\CC. The molecule has 0 saturated heterocycles. The minimum atomic E-state index is -4.94. The molecular weight excluding hydrogens is 1220 g/mol. The van der Waals surface area contributed by atoms with Gasteiger partial charge in [-0.2, -0.15) is 0 Å². The summed E-state index contributed by atoms with van der Waals surface area (Å²) in [5, 5.41) is 20.6. The molecule has 0 aliphatic carbocycles. The summed E-state index contributed by atoms with van der Waals surface area (Å²) in [4.78, 5) is 58.5. The fourth-order valence-corrected chi connectivity index (χ4v) is 10.3. The molecule has 5 unspecified atom stereocenters. The van der Waals surface area contributed by atoms with Crippen LogP contribution in [0, 0.1) is 0 Å². The molecule has 0 bridgehead atoms. The van der Waals surface area contributed by atoms with E-state index in [4.69, 9.17) is 32.3 Å². The maximum absolute atomic E-state index is 12.9. The molecular formula is C75H124O16P2. The van der Waals surface area contributed by atoms with E-state index < -0.39 is 91.5 Å². The lowest BCUT2D eigenvalue weighted by Gasteiger charge is -2.21. The van der Waals surface area contributed by atoms with E-state index in [1.807, 2.05) is 0 Å². The Bertz CT molecular complexity index is 2280. The summed E-state index contributed by atoms with van der Waals surface area (Å²) in [5.74, 6) is -1.65. The topological polar surface area (TPSA) is 231 Å². The highest BCUT2D eigenvalue weighted by molar-refractivity contribution is 7.47. The zero-order valence-corrected chi connectivity index (χ0v) is 59.2. The van der Waals surface area contributed by atoms with Crippen molar-refractivity contribution in [3.8, 4) is 0 Å². The van der Waals surface area contributed by atoms with Gasteiger partial charge in [0.2, 0.25) is 0 Å². The minimum absolute atomic E-state index is 0.0798. The Morgan fingerprint density at radius 3 is 0.914 bits per heavy atom. The molecule has 18 heteroatoms. The van der Waals surface area contributed by atoms with E-state index in [2.05, 4.69) is 167 Å². The zero-order chi connectivity index (χ0) is 68.1. The van der Waals surface area contributed by atoms with Crippen LogP contribution < -0.4 is 0 Å². The summed E-state index contributed by atoms with van der Waals surface area (Å²) in [6.45, 7) is 2.33. The molecule has 0 spiro atoms. The maximum atomic E-state index is 12.9. The van der Waals surface area contributed by atoms with Gasteiger partial charge in [0.1, 0.15) is 25.4 Å². The molecule has 0 aliphatic rings. The highest BCUT2D eigenvalue weighted by atomic mass is 31.2. The average Bonchev–Trinajstić information content (AvgIpc) is 3.70. The largest absolute Gasteiger partial charge is 0.472 e. The van der Waals surface area contributed by atoms with E-state index >= 15 is 0 Å². The van der Waals surface area contributed by atoms with Crippen molar-refractivity contribution in [3.05, 3.63) is 146 Å². The number of carbonyl (C=O) groups excluding carboxylic acids is 3. The van der Waals surface area contributed by atoms with Gasteiger partial charge in [-0.05, 0) is 141 Å². The number of carbonyl (C=O) groups is 3. The number of esters is 3. The van der Waals surface area contributed by atoms with Crippen LogP contribution in [0.5, 0.6) is 0 Å². The van der Waals surface area contributed by atoms with E-state index in [0.29, 0.717) is 19.3 Å². The molecule has 0 amide bonds. The van der Waals surface area contributed by atoms with Crippen LogP contribution in [-0.4, -0.2) is 95.9 Å². The Hall–Kier alpha value is -4.57.